The smallest absolute Gasteiger partial charge is 0.450 e. The Hall–Kier alpha value is -1.77. The average Bonchev–Trinajstić information content (AvgIpc) is 2.31. The summed E-state index contributed by atoms with van der Waals surface area (Å²) < 4.78 is 0. The van der Waals surface area contributed by atoms with Crippen molar-refractivity contribution in [3.63, 3.8) is 0 Å². The monoisotopic (exact) mass is 254 g/mol. The van der Waals surface area contributed by atoms with E-state index in [9.17, 15) is 0 Å². The zero-order chi connectivity index (χ0) is 14.1. The minimum Gasteiger partial charge on any atom is -0.450 e. The summed E-state index contributed by atoms with van der Waals surface area (Å²) in [5.74, 6) is 0. The molecule has 0 heterocycles. The maximum atomic E-state index is 8.56. The zero-order valence-corrected chi connectivity index (χ0v) is 10.6. The Morgan fingerprint density at radius 2 is 1.33 bits per heavy atom. The third-order valence-corrected chi connectivity index (χ3v) is 1.74. The van der Waals surface area contributed by atoms with Gasteiger partial charge in [-0.25, -0.2) is 4.79 Å². The van der Waals surface area contributed by atoms with Crippen LogP contribution >= 0.6 is 0 Å². The van der Waals surface area contributed by atoms with Gasteiger partial charge in [0.25, 0.3) is 0 Å². The van der Waals surface area contributed by atoms with Crippen molar-refractivity contribution in [1.82, 2.24) is 10.6 Å². The lowest BCUT2D eigenvalue weighted by atomic mass is 10.3. The van der Waals surface area contributed by atoms with E-state index in [1.807, 2.05) is 12.2 Å². The lowest BCUT2D eigenvalue weighted by Gasteiger charge is -2.02. The van der Waals surface area contributed by atoms with Gasteiger partial charge in [0.1, 0.15) is 0 Å². The van der Waals surface area contributed by atoms with E-state index in [1.54, 1.807) is 0 Å². The summed E-state index contributed by atoms with van der Waals surface area (Å²) in [6, 6.07) is 0. The van der Waals surface area contributed by atoms with Gasteiger partial charge >= 0.3 is 6.16 Å². The highest BCUT2D eigenvalue weighted by atomic mass is 16.6. The van der Waals surface area contributed by atoms with Crippen molar-refractivity contribution >= 4 is 6.16 Å². The van der Waals surface area contributed by atoms with Crippen molar-refractivity contribution in [2.24, 2.45) is 0 Å². The summed E-state index contributed by atoms with van der Waals surface area (Å²) in [7, 11) is 0. The normalized spacial score (nSPS) is 8.22. The molecule has 0 aromatic heterocycles. The Morgan fingerprint density at radius 1 is 1.00 bits per heavy atom. The quantitative estimate of drug-likeness (QED) is 0.373. The first kappa shape index (κ1) is 18.6. The maximum absolute atomic E-state index is 8.56. The highest BCUT2D eigenvalue weighted by Crippen LogP contribution is 1.83. The average molecular weight is 254 g/mol. The zero-order valence-electron chi connectivity index (χ0n) is 10.6. The molecule has 0 bridgehead atoms. The first-order chi connectivity index (χ1) is 8.65. The minimum absolute atomic E-state index is 0.871. The van der Waals surface area contributed by atoms with Crippen LogP contribution in [0.25, 0.3) is 0 Å². The number of carbonyl (C=O) groups is 1. The van der Waals surface area contributed by atoms with Crippen LogP contribution in [0.2, 0.25) is 0 Å². The maximum Gasteiger partial charge on any atom is 0.503 e. The summed E-state index contributed by atoms with van der Waals surface area (Å²) in [6.45, 7) is 10.8. The summed E-state index contributed by atoms with van der Waals surface area (Å²) in [6.07, 6.45) is 4.34. The van der Waals surface area contributed by atoms with Crippen LogP contribution < -0.4 is 10.6 Å². The molecule has 0 unspecified atom stereocenters. The van der Waals surface area contributed by atoms with Crippen LogP contribution in [-0.4, -0.2) is 42.5 Å². The molecule has 0 aromatic carbocycles. The standard InChI is InChI=1S/C12H20N2.CH2O3/c1-3-5-9-13-11-7-8-12-14-10-6-4-2;2-1(3)4/h5-6,13-14H,1-2,7-12H2;(H2,2,3,4). The molecule has 102 valence electrons. The molecule has 0 fully saturated rings. The van der Waals surface area contributed by atoms with Crippen molar-refractivity contribution in [2.75, 3.05) is 26.2 Å². The third kappa shape index (κ3) is 29.2. The molecule has 0 saturated heterocycles. The molecule has 0 aromatic rings. The predicted octanol–water partition coefficient (Wildman–Crippen LogP) is 1.85. The second kappa shape index (κ2) is 17.6. The van der Waals surface area contributed by atoms with Gasteiger partial charge < -0.3 is 20.8 Å². The molecule has 0 radical (unpaired) electrons. The van der Waals surface area contributed by atoms with Crippen molar-refractivity contribution in [1.29, 1.82) is 0 Å². The minimum atomic E-state index is -1.83. The van der Waals surface area contributed by atoms with E-state index in [2.05, 4.69) is 35.3 Å². The van der Waals surface area contributed by atoms with Crippen LogP contribution in [0.3, 0.4) is 0 Å². The van der Waals surface area contributed by atoms with E-state index in [-0.39, 0.29) is 0 Å². The van der Waals surface area contributed by atoms with Crippen LogP contribution in [0, 0.1) is 0 Å². The van der Waals surface area contributed by atoms with E-state index < -0.39 is 6.16 Å². The van der Waals surface area contributed by atoms with Crippen molar-refractivity contribution in [2.45, 2.75) is 12.8 Å². The molecule has 0 amide bonds. The predicted molar refractivity (Wildman–Crippen MR) is 73.0 cm³/mol. The number of rotatable bonds is 9. The fraction of sp³-hybridized carbons (Fsp3) is 0.462. The molecule has 5 nitrogen and oxygen atoms in total. The molecular weight excluding hydrogens is 232 g/mol. The largest absolute Gasteiger partial charge is 0.503 e. The highest BCUT2D eigenvalue weighted by Gasteiger charge is 1.86. The van der Waals surface area contributed by atoms with Gasteiger partial charge in [0.05, 0.1) is 0 Å². The van der Waals surface area contributed by atoms with Crippen LogP contribution in [0.1, 0.15) is 12.8 Å². The van der Waals surface area contributed by atoms with E-state index in [4.69, 9.17) is 15.0 Å². The molecular formula is C13H22N2O3. The fourth-order valence-electron chi connectivity index (χ4n) is 0.993. The Labute approximate surface area is 108 Å². The van der Waals surface area contributed by atoms with Gasteiger partial charge in [0, 0.05) is 13.1 Å². The lowest BCUT2D eigenvalue weighted by molar-refractivity contribution is 0.137. The summed E-state index contributed by atoms with van der Waals surface area (Å²) >= 11 is 0. The van der Waals surface area contributed by atoms with E-state index in [1.165, 1.54) is 12.8 Å². The molecule has 0 rings (SSSR count). The number of carboxylic acid groups (broad SMARTS) is 2. The second-order valence-corrected chi connectivity index (χ2v) is 3.21. The summed E-state index contributed by atoms with van der Waals surface area (Å²) in [5, 5.41) is 20.5. The topological polar surface area (TPSA) is 81.6 Å². The first-order valence-corrected chi connectivity index (χ1v) is 5.67. The molecule has 4 N–H and O–H groups in total. The van der Waals surface area contributed by atoms with E-state index in [0.717, 1.165) is 26.2 Å². The molecule has 0 atom stereocenters. The highest BCUT2D eigenvalue weighted by molar-refractivity contribution is 5.53. The van der Waals surface area contributed by atoms with Crippen LogP contribution in [0.15, 0.2) is 36.8 Å². The Kier molecular flexibility index (Phi) is 18.2. The molecule has 18 heavy (non-hydrogen) atoms. The number of nitrogens with one attached hydrogen (secondary N) is 2. The molecule has 0 saturated carbocycles. The van der Waals surface area contributed by atoms with Gasteiger partial charge in [0.2, 0.25) is 0 Å². The van der Waals surface area contributed by atoms with Crippen LogP contribution in [0.4, 0.5) is 4.79 Å². The second-order valence-electron chi connectivity index (χ2n) is 3.21. The van der Waals surface area contributed by atoms with E-state index >= 15 is 0 Å². The Balaban J connectivity index is 0. The number of hydrogen-bond acceptors (Lipinski definition) is 3. The number of hydrogen-bond donors (Lipinski definition) is 4. The molecule has 0 aliphatic heterocycles. The van der Waals surface area contributed by atoms with Gasteiger partial charge in [-0.2, -0.15) is 0 Å². The van der Waals surface area contributed by atoms with Gasteiger partial charge in [-0.3, -0.25) is 0 Å². The fourth-order valence-corrected chi connectivity index (χ4v) is 0.993. The van der Waals surface area contributed by atoms with Crippen LogP contribution in [-0.2, 0) is 0 Å². The Morgan fingerprint density at radius 3 is 1.61 bits per heavy atom. The van der Waals surface area contributed by atoms with Gasteiger partial charge in [-0.15, -0.1) is 11.5 Å². The number of unbranched alkanes of at least 4 members (excludes halogenated alkanes) is 1. The van der Waals surface area contributed by atoms with Gasteiger partial charge in [-0.1, -0.05) is 13.2 Å². The lowest BCUT2D eigenvalue weighted by Crippen LogP contribution is -2.18. The van der Waals surface area contributed by atoms with E-state index in [0.29, 0.717) is 0 Å². The van der Waals surface area contributed by atoms with Crippen LogP contribution in [0.5, 0.6) is 0 Å². The molecule has 0 aliphatic carbocycles. The molecule has 5 heteroatoms. The van der Waals surface area contributed by atoms with Crippen molar-refractivity contribution in [3.8, 4) is 0 Å². The van der Waals surface area contributed by atoms with Gasteiger partial charge in [-0.05, 0) is 38.1 Å². The third-order valence-electron chi connectivity index (χ3n) is 1.74. The molecule has 0 spiro atoms. The summed E-state index contributed by atoms with van der Waals surface area (Å²) in [5.41, 5.74) is 5.45. The molecule has 0 aliphatic rings. The van der Waals surface area contributed by atoms with Gasteiger partial charge in [0.15, 0.2) is 0 Å². The van der Waals surface area contributed by atoms with Crippen molar-refractivity contribution in [3.05, 3.63) is 36.8 Å². The van der Waals surface area contributed by atoms with Crippen molar-refractivity contribution < 1.29 is 15.0 Å². The summed E-state index contributed by atoms with van der Waals surface area (Å²) in [4.78, 5) is 8.56. The first-order valence-electron chi connectivity index (χ1n) is 5.67. The Bertz CT molecular complexity index is 263. The SMILES string of the molecule is C=C=CCNCCCCNCC=C=C.O=C(O)O.